The van der Waals surface area contributed by atoms with E-state index >= 15 is 0 Å². The maximum atomic E-state index is 5.07. The van der Waals surface area contributed by atoms with E-state index < -0.39 is 0 Å². The molecule has 1 heterocycles. The summed E-state index contributed by atoms with van der Waals surface area (Å²) in [6, 6.07) is 8.63. The Morgan fingerprint density at radius 2 is 1.94 bits per heavy atom. The Kier molecular flexibility index (Phi) is 3.84. The molecule has 1 aromatic heterocycles. The van der Waals surface area contributed by atoms with Crippen LogP contribution in [0.3, 0.4) is 0 Å². The summed E-state index contributed by atoms with van der Waals surface area (Å²) >= 11 is 1.71. The lowest BCUT2D eigenvalue weighted by Gasteiger charge is -2.05. The van der Waals surface area contributed by atoms with Crippen molar-refractivity contribution >= 4 is 11.8 Å². The average Bonchev–Trinajstić information content (AvgIpc) is 2.73. The van der Waals surface area contributed by atoms with Crippen molar-refractivity contribution in [3.8, 4) is 0 Å². The topological polar surface area (TPSA) is 38.9 Å². The quantitative estimate of drug-likeness (QED) is 0.772. The fourth-order valence-electron chi connectivity index (χ4n) is 1.49. The molecule has 2 rings (SSSR count). The summed E-state index contributed by atoms with van der Waals surface area (Å²) in [6.45, 7) is 6.22. The van der Waals surface area contributed by atoms with Gasteiger partial charge in [-0.3, -0.25) is 0 Å². The summed E-state index contributed by atoms with van der Waals surface area (Å²) in [7, 11) is 0. The van der Waals surface area contributed by atoms with E-state index in [1.165, 1.54) is 10.5 Å². The van der Waals surface area contributed by atoms with Crippen LogP contribution in [0.2, 0.25) is 0 Å². The SMILES string of the molecule is Cc1noc(CSc2ccc(C(C)C)cc2)n1. The van der Waals surface area contributed by atoms with Gasteiger partial charge in [-0.2, -0.15) is 4.98 Å². The standard InChI is InChI=1S/C13H16N2OS/c1-9(2)11-4-6-12(7-5-11)17-8-13-14-10(3)15-16-13/h4-7,9H,8H2,1-3H3. The molecule has 0 N–H and O–H groups in total. The van der Waals surface area contributed by atoms with Crippen LogP contribution >= 0.6 is 11.8 Å². The van der Waals surface area contributed by atoms with Gasteiger partial charge < -0.3 is 4.52 Å². The summed E-state index contributed by atoms with van der Waals surface area (Å²) < 4.78 is 5.07. The van der Waals surface area contributed by atoms with E-state index in [9.17, 15) is 0 Å². The van der Waals surface area contributed by atoms with Crippen LogP contribution in [-0.2, 0) is 5.75 Å². The fraction of sp³-hybridized carbons (Fsp3) is 0.385. The van der Waals surface area contributed by atoms with Crippen LogP contribution in [0.1, 0.15) is 37.0 Å². The molecule has 4 heteroatoms. The number of aromatic nitrogens is 2. The molecule has 0 aliphatic heterocycles. The first-order valence-corrected chi connectivity index (χ1v) is 6.65. The summed E-state index contributed by atoms with van der Waals surface area (Å²) in [6.07, 6.45) is 0. The molecule has 0 aliphatic rings. The summed E-state index contributed by atoms with van der Waals surface area (Å²) in [5.41, 5.74) is 1.36. The molecule has 2 aromatic rings. The van der Waals surface area contributed by atoms with Crippen LogP contribution in [0.25, 0.3) is 0 Å². The van der Waals surface area contributed by atoms with Gasteiger partial charge in [0, 0.05) is 4.90 Å². The molecule has 0 aliphatic carbocycles. The molecule has 0 atom stereocenters. The lowest BCUT2D eigenvalue weighted by atomic mass is 10.0. The second kappa shape index (κ2) is 5.36. The van der Waals surface area contributed by atoms with E-state index in [-0.39, 0.29) is 0 Å². The van der Waals surface area contributed by atoms with Crippen molar-refractivity contribution in [1.82, 2.24) is 10.1 Å². The third-order valence-corrected chi connectivity index (χ3v) is 3.48. The third-order valence-electron chi connectivity index (χ3n) is 2.48. The van der Waals surface area contributed by atoms with Crippen molar-refractivity contribution in [2.75, 3.05) is 0 Å². The van der Waals surface area contributed by atoms with Gasteiger partial charge in [0.2, 0.25) is 5.89 Å². The maximum absolute atomic E-state index is 5.07. The predicted molar refractivity (Wildman–Crippen MR) is 69.1 cm³/mol. The minimum atomic E-state index is 0.577. The van der Waals surface area contributed by atoms with Gasteiger partial charge in [-0.25, -0.2) is 0 Å². The first-order chi connectivity index (χ1) is 8.15. The second-order valence-corrected chi connectivity index (χ2v) is 5.30. The number of aryl methyl sites for hydroxylation is 1. The molecule has 0 saturated heterocycles. The molecule has 1 aromatic carbocycles. The second-order valence-electron chi connectivity index (χ2n) is 4.25. The Morgan fingerprint density at radius 1 is 1.24 bits per heavy atom. The zero-order chi connectivity index (χ0) is 12.3. The van der Waals surface area contributed by atoms with E-state index in [0.29, 0.717) is 17.6 Å². The molecule has 0 saturated carbocycles. The maximum Gasteiger partial charge on any atom is 0.236 e. The van der Waals surface area contributed by atoms with Gasteiger partial charge in [-0.15, -0.1) is 11.8 Å². The molecule has 0 amide bonds. The molecule has 3 nitrogen and oxygen atoms in total. The van der Waals surface area contributed by atoms with Gasteiger partial charge >= 0.3 is 0 Å². The molecule has 0 radical (unpaired) electrons. The molecule has 0 spiro atoms. The molecule has 0 bridgehead atoms. The third kappa shape index (κ3) is 3.33. The highest BCUT2D eigenvalue weighted by atomic mass is 32.2. The number of benzene rings is 1. The van der Waals surface area contributed by atoms with Crippen molar-refractivity contribution < 1.29 is 4.52 Å². The minimum Gasteiger partial charge on any atom is -0.338 e. The number of hydrogen-bond donors (Lipinski definition) is 0. The summed E-state index contributed by atoms with van der Waals surface area (Å²) in [5.74, 6) is 2.67. The van der Waals surface area contributed by atoms with E-state index in [1.807, 2.05) is 6.92 Å². The largest absolute Gasteiger partial charge is 0.338 e. The van der Waals surface area contributed by atoms with Crippen molar-refractivity contribution in [2.24, 2.45) is 0 Å². The van der Waals surface area contributed by atoms with Gasteiger partial charge in [0.15, 0.2) is 5.82 Å². The number of thioether (sulfide) groups is 1. The smallest absolute Gasteiger partial charge is 0.236 e. The summed E-state index contributed by atoms with van der Waals surface area (Å²) in [4.78, 5) is 5.40. The molecular weight excluding hydrogens is 232 g/mol. The van der Waals surface area contributed by atoms with Crippen molar-refractivity contribution in [3.05, 3.63) is 41.5 Å². The minimum absolute atomic E-state index is 0.577. The highest BCUT2D eigenvalue weighted by Gasteiger charge is 2.04. The highest BCUT2D eigenvalue weighted by molar-refractivity contribution is 7.98. The van der Waals surface area contributed by atoms with E-state index in [0.717, 1.165) is 5.75 Å². The van der Waals surface area contributed by atoms with Crippen LogP contribution < -0.4 is 0 Å². The first-order valence-electron chi connectivity index (χ1n) is 5.67. The number of hydrogen-bond acceptors (Lipinski definition) is 4. The Bertz CT molecular complexity index is 476. The Morgan fingerprint density at radius 3 is 2.47 bits per heavy atom. The number of rotatable bonds is 4. The van der Waals surface area contributed by atoms with E-state index in [2.05, 4.69) is 48.3 Å². The summed E-state index contributed by atoms with van der Waals surface area (Å²) in [5, 5.41) is 3.77. The Labute approximate surface area is 106 Å². The van der Waals surface area contributed by atoms with E-state index in [1.54, 1.807) is 11.8 Å². The lowest BCUT2D eigenvalue weighted by Crippen LogP contribution is -1.86. The number of nitrogens with zero attached hydrogens (tertiary/aromatic N) is 2. The highest BCUT2D eigenvalue weighted by Crippen LogP contribution is 2.24. The van der Waals surface area contributed by atoms with Crippen LogP contribution in [-0.4, -0.2) is 10.1 Å². The first kappa shape index (κ1) is 12.2. The Hall–Kier alpha value is -1.29. The van der Waals surface area contributed by atoms with Crippen molar-refractivity contribution in [3.63, 3.8) is 0 Å². The van der Waals surface area contributed by atoms with Crippen LogP contribution in [0.5, 0.6) is 0 Å². The molecule has 0 fully saturated rings. The zero-order valence-electron chi connectivity index (χ0n) is 10.3. The zero-order valence-corrected chi connectivity index (χ0v) is 11.1. The van der Waals surface area contributed by atoms with Gasteiger partial charge in [-0.05, 0) is 30.5 Å². The van der Waals surface area contributed by atoms with Gasteiger partial charge in [-0.1, -0.05) is 31.1 Å². The predicted octanol–water partition coefficient (Wildman–Crippen LogP) is 3.79. The lowest BCUT2D eigenvalue weighted by molar-refractivity contribution is 0.387. The van der Waals surface area contributed by atoms with Crippen LogP contribution in [0.4, 0.5) is 0 Å². The van der Waals surface area contributed by atoms with Gasteiger partial charge in [0.1, 0.15) is 0 Å². The average molecular weight is 248 g/mol. The van der Waals surface area contributed by atoms with Crippen molar-refractivity contribution in [1.29, 1.82) is 0 Å². The van der Waals surface area contributed by atoms with Crippen LogP contribution in [0.15, 0.2) is 33.7 Å². The van der Waals surface area contributed by atoms with Crippen LogP contribution in [0, 0.1) is 6.92 Å². The van der Waals surface area contributed by atoms with Gasteiger partial charge in [0.25, 0.3) is 0 Å². The van der Waals surface area contributed by atoms with Gasteiger partial charge in [0.05, 0.1) is 5.75 Å². The Balaban J connectivity index is 1.95. The molecule has 90 valence electrons. The van der Waals surface area contributed by atoms with Crippen molar-refractivity contribution in [2.45, 2.75) is 37.3 Å². The normalized spacial score (nSPS) is 11.1. The van der Waals surface area contributed by atoms with E-state index in [4.69, 9.17) is 4.52 Å². The molecule has 0 unspecified atom stereocenters. The molecular formula is C13H16N2OS. The molecule has 17 heavy (non-hydrogen) atoms. The monoisotopic (exact) mass is 248 g/mol. The fourth-order valence-corrected chi connectivity index (χ4v) is 2.23.